The zero-order chi connectivity index (χ0) is 13.1. The van der Waals surface area contributed by atoms with Crippen LogP contribution in [-0.4, -0.2) is 38.1 Å². The molecule has 0 spiro atoms. The van der Waals surface area contributed by atoms with Crippen LogP contribution in [0.2, 0.25) is 0 Å². The Morgan fingerprint density at radius 3 is 2.58 bits per heavy atom. The van der Waals surface area contributed by atoms with E-state index in [0.29, 0.717) is 17.7 Å². The standard InChI is InChI=1S/C12H17N7/c13-11-15-12(18-8-3-1-2-4-9-18)17-19(11)10-6-5-7-14-16-10/h5-7H,1-4,8-9H2,(H2,13,15,17). The van der Waals surface area contributed by atoms with Gasteiger partial charge in [0.25, 0.3) is 0 Å². The first-order chi connectivity index (χ1) is 9.34. The fraction of sp³-hybridized carbons (Fsp3) is 0.500. The fourth-order valence-corrected chi connectivity index (χ4v) is 2.29. The third-order valence-corrected chi connectivity index (χ3v) is 3.29. The van der Waals surface area contributed by atoms with Gasteiger partial charge in [0, 0.05) is 19.3 Å². The molecule has 3 rings (SSSR count). The average molecular weight is 259 g/mol. The highest BCUT2D eigenvalue weighted by Crippen LogP contribution is 2.18. The lowest BCUT2D eigenvalue weighted by atomic mass is 10.2. The molecule has 2 aromatic heterocycles. The minimum Gasteiger partial charge on any atom is -0.368 e. The van der Waals surface area contributed by atoms with Crippen molar-refractivity contribution in [3.63, 3.8) is 0 Å². The molecule has 0 saturated carbocycles. The highest BCUT2D eigenvalue weighted by molar-refractivity contribution is 5.39. The first kappa shape index (κ1) is 11.9. The summed E-state index contributed by atoms with van der Waals surface area (Å²) in [7, 11) is 0. The highest BCUT2D eigenvalue weighted by Gasteiger charge is 2.17. The molecule has 0 amide bonds. The van der Waals surface area contributed by atoms with Crippen LogP contribution < -0.4 is 10.6 Å². The minimum atomic E-state index is 0.347. The number of nitrogens with two attached hydrogens (primary N) is 1. The van der Waals surface area contributed by atoms with Crippen LogP contribution in [0.1, 0.15) is 25.7 Å². The van der Waals surface area contributed by atoms with Crippen LogP contribution in [0.5, 0.6) is 0 Å². The maximum atomic E-state index is 5.91. The lowest BCUT2D eigenvalue weighted by Gasteiger charge is -2.17. The summed E-state index contributed by atoms with van der Waals surface area (Å²) in [5.74, 6) is 1.62. The van der Waals surface area contributed by atoms with E-state index < -0.39 is 0 Å². The van der Waals surface area contributed by atoms with Crippen molar-refractivity contribution >= 4 is 11.9 Å². The molecule has 2 N–H and O–H groups in total. The highest BCUT2D eigenvalue weighted by atomic mass is 15.5. The Morgan fingerprint density at radius 2 is 1.89 bits per heavy atom. The van der Waals surface area contributed by atoms with Crippen molar-refractivity contribution in [2.24, 2.45) is 0 Å². The van der Waals surface area contributed by atoms with E-state index in [1.807, 2.05) is 6.07 Å². The van der Waals surface area contributed by atoms with Crippen LogP contribution >= 0.6 is 0 Å². The van der Waals surface area contributed by atoms with Crippen molar-refractivity contribution in [3.05, 3.63) is 18.3 Å². The van der Waals surface area contributed by atoms with Crippen LogP contribution in [0.25, 0.3) is 5.82 Å². The predicted octanol–water partition coefficient (Wildman–Crippen LogP) is 1.02. The number of nitrogens with zero attached hydrogens (tertiary/aromatic N) is 6. The SMILES string of the molecule is Nc1nc(N2CCCCCC2)nn1-c1cccnn1. The summed E-state index contributed by atoms with van der Waals surface area (Å²) in [6, 6.07) is 3.61. The van der Waals surface area contributed by atoms with Gasteiger partial charge in [-0.15, -0.1) is 10.2 Å². The van der Waals surface area contributed by atoms with Crippen molar-refractivity contribution in [2.75, 3.05) is 23.7 Å². The minimum absolute atomic E-state index is 0.347. The summed E-state index contributed by atoms with van der Waals surface area (Å²) in [6.45, 7) is 1.98. The number of anilines is 2. The number of aromatic nitrogens is 5. The van der Waals surface area contributed by atoms with E-state index in [-0.39, 0.29) is 0 Å². The van der Waals surface area contributed by atoms with Crippen molar-refractivity contribution in [1.82, 2.24) is 25.0 Å². The maximum Gasteiger partial charge on any atom is 0.247 e. The number of nitrogen functional groups attached to an aromatic ring is 1. The molecule has 100 valence electrons. The van der Waals surface area contributed by atoms with Crippen molar-refractivity contribution in [2.45, 2.75) is 25.7 Å². The van der Waals surface area contributed by atoms with Gasteiger partial charge in [-0.25, -0.2) is 0 Å². The van der Waals surface area contributed by atoms with E-state index in [2.05, 4.69) is 25.2 Å². The molecule has 3 heterocycles. The lowest BCUT2D eigenvalue weighted by molar-refractivity contribution is 0.726. The quantitative estimate of drug-likeness (QED) is 0.866. The third-order valence-electron chi connectivity index (χ3n) is 3.29. The summed E-state index contributed by atoms with van der Waals surface area (Å²) < 4.78 is 1.53. The molecular formula is C12H17N7. The Kier molecular flexibility index (Phi) is 3.26. The zero-order valence-corrected chi connectivity index (χ0v) is 10.7. The monoisotopic (exact) mass is 259 g/mol. The van der Waals surface area contributed by atoms with Gasteiger partial charge < -0.3 is 10.6 Å². The first-order valence-corrected chi connectivity index (χ1v) is 6.60. The number of rotatable bonds is 2. The molecule has 0 radical (unpaired) electrons. The second-order valence-electron chi connectivity index (χ2n) is 4.66. The average Bonchev–Trinajstić information content (AvgIpc) is 2.67. The van der Waals surface area contributed by atoms with Crippen LogP contribution in [0.4, 0.5) is 11.9 Å². The van der Waals surface area contributed by atoms with Crippen LogP contribution in [0, 0.1) is 0 Å². The van der Waals surface area contributed by atoms with E-state index in [4.69, 9.17) is 5.73 Å². The van der Waals surface area contributed by atoms with E-state index in [1.165, 1.54) is 30.4 Å². The van der Waals surface area contributed by atoms with Gasteiger partial charge in [0.2, 0.25) is 11.9 Å². The second-order valence-corrected chi connectivity index (χ2v) is 4.66. The zero-order valence-electron chi connectivity index (χ0n) is 10.7. The van der Waals surface area contributed by atoms with Gasteiger partial charge in [0.05, 0.1) is 0 Å². The van der Waals surface area contributed by atoms with E-state index in [0.717, 1.165) is 13.1 Å². The van der Waals surface area contributed by atoms with E-state index >= 15 is 0 Å². The molecular weight excluding hydrogens is 242 g/mol. The van der Waals surface area contributed by atoms with Crippen LogP contribution in [-0.2, 0) is 0 Å². The summed E-state index contributed by atoms with van der Waals surface area (Å²) in [6.07, 6.45) is 6.53. The van der Waals surface area contributed by atoms with Crippen molar-refractivity contribution in [3.8, 4) is 5.82 Å². The Morgan fingerprint density at radius 1 is 1.11 bits per heavy atom. The molecule has 1 saturated heterocycles. The van der Waals surface area contributed by atoms with Gasteiger partial charge in [-0.1, -0.05) is 12.8 Å². The Bertz CT molecular complexity index is 528. The Hall–Kier alpha value is -2.18. The Labute approximate surface area is 111 Å². The largest absolute Gasteiger partial charge is 0.368 e. The summed E-state index contributed by atoms with van der Waals surface area (Å²) in [4.78, 5) is 6.53. The molecule has 1 aliphatic heterocycles. The molecule has 0 bridgehead atoms. The molecule has 7 nitrogen and oxygen atoms in total. The lowest BCUT2D eigenvalue weighted by Crippen LogP contribution is -2.25. The van der Waals surface area contributed by atoms with Crippen LogP contribution in [0.15, 0.2) is 18.3 Å². The topological polar surface area (TPSA) is 85.8 Å². The van der Waals surface area contributed by atoms with Gasteiger partial charge in [0.1, 0.15) is 0 Å². The smallest absolute Gasteiger partial charge is 0.247 e. The number of hydrogen-bond donors (Lipinski definition) is 1. The molecule has 1 aliphatic rings. The fourth-order valence-electron chi connectivity index (χ4n) is 2.29. The Balaban J connectivity index is 1.88. The molecule has 0 unspecified atom stereocenters. The third kappa shape index (κ3) is 2.49. The first-order valence-electron chi connectivity index (χ1n) is 6.60. The van der Waals surface area contributed by atoms with Gasteiger partial charge >= 0.3 is 0 Å². The van der Waals surface area contributed by atoms with Crippen molar-refractivity contribution < 1.29 is 0 Å². The number of hydrogen-bond acceptors (Lipinski definition) is 6. The van der Waals surface area contributed by atoms with Gasteiger partial charge in [-0.05, 0) is 25.0 Å². The predicted molar refractivity (Wildman–Crippen MR) is 72.0 cm³/mol. The molecule has 0 aromatic carbocycles. The normalized spacial score (nSPS) is 16.3. The van der Waals surface area contributed by atoms with Crippen LogP contribution in [0.3, 0.4) is 0 Å². The van der Waals surface area contributed by atoms with Gasteiger partial charge in [0.15, 0.2) is 5.82 Å². The molecule has 2 aromatic rings. The molecule has 1 fully saturated rings. The summed E-state index contributed by atoms with van der Waals surface area (Å²) >= 11 is 0. The molecule has 7 heteroatoms. The van der Waals surface area contributed by atoms with Gasteiger partial charge in [-0.2, -0.15) is 14.8 Å². The second kappa shape index (κ2) is 5.21. The van der Waals surface area contributed by atoms with Crippen molar-refractivity contribution in [1.29, 1.82) is 0 Å². The summed E-state index contributed by atoms with van der Waals surface area (Å²) in [5, 5.41) is 12.3. The molecule has 0 aliphatic carbocycles. The van der Waals surface area contributed by atoms with Gasteiger partial charge in [-0.3, -0.25) is 0 Å². The van der Waals surface area contributed by atoms with E-state index in [1.54, 1.807) is 12.3 Å². The summed E-state index contributed by atoms with van der Waals surface area (Å²) in [5.41, 5.74) is 5.91. The molecule has 0 atom stereocenters. The molecule has 19 heavy (non-hydrogen) atoms. The van der Waals surface area contributed by atoms with E-state index in [9.17, 15) is 0 Å². The maximum absolute atomic E-state index is 5.91.